The molecule has 0 fully saturated rings. The van der Waals surface area contributed by atoms with Gasteiger partial charge < -0.3 is 9.84 Å². The number of carbonyl (C=O) groups is 1. The molecule has 3 nitrogen and oxygen atoms in total. The fourth-order valence-corrected chi connectivity index (χ4v) is 1.66. The zero-order chi connectivity index (χ0) is 10.6. The SMILES string of the molecule is CCOC(=O)[C@](C)(Br)[C@@H](O)C(C)C. The average molecular weight is 253 g/mol. The second-order valence-electron chi connectivity index (χ2n) is 3.48. The minimum atomic E-state index is -1.00. The van der Waals surface area contributed by atoms with Crippen LogP contribution in [0, 0.1) is 5.92 Å². The van der Waals surface area contributed by atoms with Crippen LogP contribution in [0.5, 0.6) is 0 Å². The number of ether oxygens (including phenoxy) is 1. The van der Waals surface area contributed by atoms with E-state index in [1.54, 1.807) is 13.8 Å². The molecule has 0 amide bonds. The highest BCUT2D eigenvalue weighted by atomic mass is 79.9. The zero-order valence-corrected chi connectivity index (χ0v) is 10.1. The summed E-state index contributed by atoms with van der Waals surface area (Å²) in [6.45, 7) is 7.38. The molecule has 0 aliphatic heterocycles. The highest BCUT2D eigenvalue weighted by molar-refractivity contribution is 9.10. The van der Waals surface area contributed by atoms with Crippen molar-refractivity contribution in [1.82, 2.24) is 0 Å². The maximum absolute atomic E-state index is 11.4. The van der Waals surface area contributed by atoms with Crippen LogP contribution in [0.1, 0.15) is 27.7 Å². The average Bonchev–Trinajstić information content (AvgIpc) is 2.03. The zero-order valence-electron chi connectivity index (χ0n) is 8.50. The summed E-state index contributed by atoms with van der Waals surface area (Å²) in [5, 5.41) is 9.70. The van der Waals surface area contributed by atoms with E-state index in [1.165, 1.54) is 0 Å². The van der Waals surface area contributed by atoms with Gasteiger partial charge in [-0.15, -0.1) is 0 Å². The molecule has 0 saturated carbocycles. The number of alkyl halides is 1. The van der Waals surface area contributed by atoms with E-state index in [2.05, 4.69) is 15.9 Å². The molecule has 0 aromatic carbocycles. The summed E-state index contributed by atoms with van der Waals surface area (Å²) in [5.74, 6) is -0.412. The summed E-state index contributed by atoms with van der Waals surface area (Å²) in [6, 6.07) is 0. The van der Waals surface area contributed by atoms with Crippen LogP contribution < -0.4 is 0 Å². The predicted molar refractivity (Wildman–Crippen MR) is 54.8 cm³/mol. The van der Waals surface area contributed by atoms with E-state index in [0.29, 0.717) is 6.61 Å². The van der Waals surface area contributed by atoms with Crippen molar-refractivity contribution >= 4 is 21.9 Å². The molecular formula is C9H17BrO3. The van der Waals surface area contributed by atoms with Gasteiger partial charge in [-0.1, -0.05) is 29.8 Å². The van der Waals surface area contributed by atoms with Gasteiger partial charge in [-0.3, -0.25) is 4.79 Å². The predicted octanol–water partition coefficient (Wildman–Crippen LogP) is 1.72. The molecule has 0 radical (unpaired) electrons. The maximum Gasteiger partial charge on any atom is 0.325 e. The van der Waals surface area contributed by atoms with Crippen LogP contribution in [-0.4, -0.2) is 28.1 Å². The number of hydrogen-bond acceptors (Lipinski definition) is 3. The molecular weight excluding hydrogens is 236 g/mol. The molecule has 0 spiro atoms. The summed E-state index contributed by atoms with van der Waals surface area (Å²) in [5.41, 5.74) is 0. The van der Waals surface area contributed by atoms with Crippen molar-refractivity contribution in [2.75, 3.05) is 6.61 Å². The topological polar surface area (TPSA) is 46.5 Å². The van der Waals surface area contributed by atoms with Crippen LogP contribution in [0.4, 0.5) is 0 Å². The Kier molecular flexibility index (Phi) is 4.92. The van der Waals surface area contributed by atoms with Crippen LogP contribution in [0.25, 0.3) is 0 Å². The first kappa shape index (κ1) is 12.9. The molecule has 2 atom stereocenters. The first-order valence-corrected chi connectivity index (χ1v) is 5.17. The van der Waals surface area contributed by atoms with Gasteiger partial charge in [-0.25, -0.2) is 0 Å². The smallest absolute Gasteiger partial charge is 0.325 e. The number of aliphatic hydroxyl groups excluding tert-OH is 1. The normalized spacial score (nSPS) is 18.1. The number of halogens is 1. The number of carbonyl (C=O) groups excluding carboxylic acids is 1. The van der Waals surface area contributed by atoms with Gasteiger partial charge in [0.1, 0.15) is 4.32 Å². The monoisotopic (exact) mass is 252 g/mol. The number of rotatable bonds is 4. The summed E-state index contributed by atoms with van der Waals surface area (Å²) in [6.07, 6.45) is -0.744. The van der Waals surface area contributed by atoms with Crippen LogP contribution in [0.15, 0.2) is 0 Å². The third-order valence-electron chi connectivity index (χ3n) is 1.86. The highest BCUT2D eigenvalue weighted by Gasteiger charge is 2.40. The van der Waals surface area contributed by atoms with Crippen molar-refractivity contribution in [3.05, 3.63) is 0 Å². The fourth-order valence-electron chi connectivity index (χ4n) is 1.02. The Hall–Kier alpha value is -0.0900. The first-order chi connectivity index (χ1) is 5.84. The van der Waals surface area contributed by atoms with E-state index in [-0.39, 0.29) is 5.92 Å². The molecule has 0 saturated heterocycles. The molecule has 0 aliphatic rings. The fraction of sp³-hybridized carbons (Fsp3) is 0.889. The quantitative estimate of drug-likeness (QED) is 0.613. The standard InChI is InChI=1S/C9H17BrO3/c1-5-13-8(12)9(4,10)7(11)6(2)3/h6-7,11H,5H2,1-4H3/t7-,9+/m0/s1. The summed E-state index contributed by atoms with van der Waals surface area (Å²) in [4.78, 5) is 11.4. The molecule has 0 heterocycles. The van der Waals surface area contributed by atoms with Gasteiger partial charge in [0.15, 0.2) is 0 Å². The van der Waals surface area contributed by atoms with Crippen LogP contribution in [0.2, 0.25) is 0 Å². The maximum atomic E-state index is 11.4. The van der Waals surface area contributed by atoms with Crippen molar-refractivity contribution < 1.29 is 14.6 Å². The molecule has 0 aromatic rings. The largest absolute Gasteiger partial charge is 0.465 e. The Morgan fingerprint density at radius 2 is 2.08 bits per heavy atom. The van der Waals surface area contributed by atoms with Gasteiger partial charge in [0.2, 0.25) is 0 Å². The third kappa shape index (κ3) is 3.27. The van der Waals surface area contributed by atoms with Crippen LogP contribution in [0.3, 0.4) is 0 Å². The number of esters is 1. The summed E-state index contributed by atoms with van der Waals surface area (Å²) < 4.78 is 3.83. The Bertz CT molecular complexity index is 178. The van der Waals surface area contributed by atoms with E-state index < -0.39 is 16.4 Å². The van der Waals surface area contributed by atoms with Crippen molar-refractivity contribution in [3.8, 4) is 0 Å². The van der Waals surface area contributed by atoms with Gasteiger partial charge in [-0.2, -0.15) is 0 Å². The molecule has 0 rings (SSSR count). The van der Waals surface area contributed by atoms with Gasteiger partial charge in [0, 0.05) is 0 Å². The Morgan fingerprint density at radius 1 is 1.62 bits per heavy atom. The Balaban J connectivity index is 4.45. The minimum Gasteiger partial charge on any atom is -0.465 e. The molecule has 1 N–H and O–H groups in total. The highest BCUT2D eigenvalue weighted by Crippen LogP contribution is 2.28. The van der Waals surface area contributed by atoms with Crippen molar-refractivity contribution in [1.29, 1.82) is 0 Å². The number of aliphatic hydroxyl groups is 1. The second kappa shape index (κ2) is 4.96. The molecule has 0 aliphatic carbocycles. The van der Waals surface area contributed by atoms with Gasteiger partial charge in [0.25, 0.3) is 0 Å². The molecule has 0 bridgehead atoms. The van der Waals surface area contributed by atoms with E-state index in [1.807, 2.05) is 13.8 Å². The summed E-state index contributed by atoms with van der Waals surface area (Å²) >= 11 is 3.19. The van der Waals surface area contributed by atoms with E-state index in [0.717, 1.165) is 0 Å². The molecule has 78 valence electrons. The van der Waals surface area contributed by atoms with E-state index in [9.17, 15) is 9.90 Å². The van der Waals surface area contributed by atoms with Gasteiger partial charge in [0.05, 0.1) is 12.7 Å². The lowest BCUT2D eigenvalue weighted by Crippen LogP contribution is -2.45. The van der Waals surface area contributed by atoms with Crippen molar-refractivity contribution in [2.45, 2.75) is 38.1 Å². The summed E-state index contributed by atoms with van der Waals surface area (Å²) in [7, 11) is 0. The number of hydrogen-bond donors (Lipinski definition) is 1. The lowest BCUT2D eigenvalue weighted by molar-refractivity contribution is -0.149. The first-order valence-electron chi connectivity index (χ1n) is 4.38. The van der Waals surface area contributed by atoms with Crippen LogP contribution in [-0.2, 0) is 9.53 Å². The molecule has 4 heteroatoms. The van der Waals surface area contributed by atoms with E-state index in [4.69, 9.17) is 4.74 Å². The Labute approximate surface area is 87.6 Å². The van der Waals surface area contributed by atoms with Gasteiger partial charge >= 0.3 is 5.97 Å². The van der Waals surface area contributed by atoms with E-state index >= 15 is 0 Å². The van der Waals surface area contributed by atoms with Crippen molar-refractivity contribution in [3.63, 3.8) is 0 Å². The lowest BCUT2D eigenvalue weighted by Gasteiger charge is -2.28. The van der Waals surface area contributed by atoms with Crippen molar-refractivity contribution in [2.24, 2.45) is 5.92 Å². The van der Waals surface area contributed by atoms with Crippen LogP contribution >= 0.6 is 15.9 Å². The third-order valence-corrected chi connectivity index (χ3v) is 2.65. The second-order valence-corrected chi connectivity index (χ2v) is 5.13. The molecule has 13 heavy (non-hydrogen) atoms. The molecule has 0 aromatic heterocycles. The minimum absolute atomic E-state index is 0.00813. The van der Waals surface area contributed by atoms with Gasteiger partial charge in [-0.05, 0) is 19.8 Å². The molecule has 0 unspecified atom stereocenters. The Morgan fingerprint density at radius 3 is 2.38 bits per heavy atom. The lowest BCUT2D eigenvalue weighted by atomic mass is 9.95.